The van der Waals surface area contributed by atoms with Gasteiger partial charge >= 0.3 is 0 Å². The quantitative estimate of drug-likeness (QED) is 0.314. The van der Waals surface area contributed by atoms with Crippen molar-refractivity contribution in [3.63, 3.8) is 0 Å². The average molecular weight is 82.9 g/mol. The summed E-state index contributed by atoms with van der Waals surface area (Å²) in [6.45, 7) is 3.22. The van der Waals surface area contributed by atoms with Crippen molar-refractivity contribution < 1.29 is 4.79 Å². The Labute approximate surface area is 37.7 Å². The predicted octanol–water partition coefficient (Wildman–Crippen LogP) is -1.16. The summed E-state index contributed by atoms with van der Waals surface area (Å²) in [6.07, 6.45) is 1.22. The van der Waals surface area contributed by atoms with Crippen molar-refractivity contribution in [2.24, 2.45) is 0 Å². The monoisotopic (exact) mass is 83.1 g/mol. The van der Waals surface area contributed by atoms with Gasteiger partial charge < -0.3 is 5.23 Å². The lowest BCUT2D eigenvalue weighted by molar-refractivity contribution is -0.114. The third-order valence-electron chi connectivity index (χ3n) is 0.432. The Kier molecular flexibility index (Phi) is 2.21. The van der Waals surface area contributed by atoms with Crippen LogP contribution in [0.5, 0.6) is 0 Å². The van der Waals surface area contributed by atoms with Crippen LogP contribution in [0.1, 0.15) is 0 Å². The molecule has 0 atom stereocenters. The van der Waals surface area contributed by atoms with Gasteiger partial charge in [-0.05, 0) is 6.08 Å². The lowest BCUT2D eigenvalue weighted by Crippen LogP contribution is -2.15. The maximum Gasteiger partial charge on any atom is 0.230 e. The van der Waals surface area contributed by atoms with Gasteiger partial charge in [0.15, 0.2) is 0 Å². The Morgan fingerprint density at radius 1 is 2.00 bits per heavy atom. The van der Waals surface area contributed by atoms with Gasteiger partial charge in [0, 0.05) is 0 Å². The van der Waals surface area contributed by atoms with Crippen molar-refractivity contribution in [2.75, 3.05) is 0 Å². The van der Waals surface area contributed by atoms with Crippen LogP contribution < -0.4 is 5.23 Å². The first kappa shape index (κ1) is 5.27. The molecular formula is C3H6BNO. The lowest BCUT2D eigenvalue weighted by atomic mass is 10.4. The summed E-state index contributed by atoms with van der Waals surface area (Å²) in [7, 11) is 1.56. The molecule has 0 fully saturated rings. The Morgan fingerprint density at radius 3 is 2.50 bits per heavy atom. The Morgan fingerprint density at radius 2 is 2.50 bits per heavy atom. The van der Waals surface area contributed by atoms with Crippen molar-refractivity contribution in [3.8, 4) is 0 Å². The largest absolute Gasteiger partial charge is 0.403 e. The highest BCUT2D eigenvalue weighted by molar-refractivity contribution is 6.16. The van der Waals surface area contributed by atoms with Gasteiger partial charge in [-0.1, -0.05) is 6.58 Å². The van der Waals surface area contributed by atoms with Gasteiger partial charge in [0.25, 0.3) is 0 Å². The molecule has 0 heterocycles. The minimum Gasteiger partial charge on any atom is -0.403 e. The van der Waals surface area contributed by atoms with E-state index >= 15 is 0 Å². The number of amides is 1. The first-order valence-corrected chi connectivity index (χ1v) is 1.65. The van der Waals surface area contributed by atoms with Crippen LogP contribution in [0.2, 0.25) is 0 Å². The molecule has 0 aliphatic rings. The van der Waals surface area contributed by atoms with E-state index in [1.54, 1.807) is 7.98 Å². The normalized spacial score (nSPS) is 6.67. The number of nitrogens with one attached hydrogen (secondary N) is 1. The lowest BCUT2D eigenvalue weighted by Gasteiger charge is -1.82. The van der Waals surface area contributed by atoms with Crippen LogP contribution in [-0.2, 0) is 4.79 Å². The number of carbonyl (C=O) groups is 1. The van der Waals surface area contributed by atoms with E-state index in [4.69, 9.17) is 0 Å². The first-order chi connectivity index (χ1) is 2.81. The number of hydrogen-bond donors (Lipinski definition) is 1. The van der Waals surface area contributed by atoms with Gasteiger partial charge in [-0.3, -0.25) is 4.79 Å². The second-order valence-corrected chi connectivity index (χ2v) is 0.818. The third-order valence-corrected chi connectivity index (χ3v) is 0.432. The molecule has 32 valence electrons. The van der Waals surface area contributed by atoms with Crippen molar-refractivity contribution in [1.29, 1.82) is 0 Å². The van der Waals surface area contributed by atoms with Crippen LogP contribution >= 0.6 is 0 Å². The van der Waals surface area contributed by atoms with Crippen LogP contribution in [0.3, 0.4) is 0 Å². The summed E-state index contributed by atoms with van der Waals surface area (Å²) in [5.74, 6) is -0.144. The molecule has 0 radical (unpaired) electrons. The molecular weight excluding hydrogens is 76.9 g/mol. The molecule has 1 N–H and O–H groups in total. The molecule has 0 saturated heterocycles. The van der Waals surface area contributed by atoms with Crippen molar-refractivity contribution >= 4 is 13.9 Å². The number of carbonyl (C=O) groups excluding carboxylic acids is 1. The predicted molar refractivity (Wildman–Crippen MR) is 26.9 cm³/mol. The molecule has 0 unspecified atom stereocenters. The molecule has 0 aromatic carbocycles. The smallest absolute Gasteiger partial charge is 0.230 e. The molecule has 0 bridgehead atoms. The molecule has 0 aliphatic heterocycles. The summed E-state index contributed by atoms with van der Waals surface area (Å²) in [6, 6.07) is 0. The molecule has 0 aromatic heterocycles. The van der Waals surface area contributed by atoms with Crippen molar-refractivity contribution in [3.05, 3.63) is 12.7 Å². The fourth-order valence-electron chi connectivity index (χ4n) is 0.102. The minimum atomic E-state index is -0.144. The molecule has 0 aliphatic carbocycles. The van der Waals surface area contributed by atoms with Crippen molar-refractivity contribution in [2.45, 2.75) is 0 Å². The molecule has 0 saturated carbocycles. The summed E-state index contributed by atoms with van der Waals surface area (Å²) < 4.78 is 0. The second-order valence-electron chi connectivity index (χ2n) is 0.818. The molecule has 0 rings (SSSR count). The molecule has 2 nitrogen and oxygen atoms in total. The van der Waals surface area contributed by atoms with E-state index in [1.807, 2.05) is 0 Å². The average Bonchev–Trinajstić information content (AvgIpc) is 1.65. The third kappa shape index (κ3) is 1.58. The van der Waals surface area contributed by atoms with E-state index in [0.717, 1.165) is 0 Å². The molecule has 6 heavy (non-hydrogen) atoms. The first-order valence-electron chi connectivity index (χ1n) is 1.65. The second kappa shape index (κ2) is 2.51. The van der Waals surface area contributed by atoms with Gasteiger partial charge in [0.2, 0.25) is 13.9 Å². The van der Waals surface area contributed by atoms with Crippen LogP contribution in [0.15, 0.2) is 12.7 Å². The summed E-state index contributed by atoms with van der Waals surface area (Å²) in [4.78, 5) is 9.95. The van der Waals surface area contributed by atoms with Gasteiger partial charge in [-0.25, -0.2) is 0 Å². The maximum atomic E-state index is 9.95. The highest BCUT2D eigenvalue weighted by Crippen LogP contribution is 1.55. The zero-order valence-corrected chi connectivity index (χ0v) is 3.69. The highest BCUT2D eigenvalue weighted by atomic mass is 16.1. The summed E-state index contributed by atoms with van der Waals surface area (Å²) in [5.41, 5.74) is 0. The van der Waals surface area contributed by atoms with E-state index < -0.39 is 0 Å². The summed E-state index contributed by atoms with van der Waals surface area (Å²) >= 11 is 0. The SMILES string of the molecule is BNC(=O)C=C. The van der Waals surface area contributed by atoms with E-state index in [1.165, 1.54) is 6.08 Å². The number of rotatable bonds is 1. The van der Waals surface area contributed by atoms with E-state index in [-0.39, 0.29) is 5.91 Å². The Bertz CT molecular complexity index is 71.2. The zero-order chi connectivity index (χ0) is 4.99. The van der Waals surface area contributed by atoms with Gasteiger partial charge in [0.05, 0.1) is 0 Å². The van der Waals surface area contributed by atoms with Crippen LogP contribution in [0.4, 0.5) is 0 Å². The molecule has 1 amide bonds. The zero-order valence-electron chi connectivity index (χ0n) is 3.69. The fourth-order valence-corrected chi connectivity index (χ4v) is 0.102. The van der Waals surface area contributed by atoms with Crippen LogP contribution in [0, 0.1) is 0 Å². The summed E-state index contributed by atoms with van der Waals surface area (Å²) in [5, 5.41) is 2.36. The van der Waals surface area contributed by atoms with Crippen LogP contribution in [-0.4, -0.2) is 13.9 Å². The fraction of sp³-hybridized carbons (Fsp3) is 0. The van der Waals surface area contributed by atoms with Gasteiger partial charge in [-0.2, -0.15) is 0 Å². The van der Waals surface area contributed by atoms with E-state index in [9.17, 15) is 4.79 Å². The minimum absolute atomic E-state index is 0.144. The van der Waals surface area contributed by atoms with Crippen molar-refractivity contribution in [1.82, 2.24) is 5.23 Å². The van der Waals surface area contributed by atoms with Gasteiger partial charge in [-0.15, -0.1) is 0 Å². The standard InChI is InChI=1S/C3H6BNO/c1-2-3(6)5-4/h2H,1,4H2,(H,5,6). The molecule has 0 spiro atoms. The Balaban J connectivity index is 3.23. The van der Waals surface area contributed by atoms with E-state index in [2.05, 4.69) is 11.8 Å². The van der Waals surface area contributed by atoms with E-state index in [0.29, 0.717) is 0 Å². The van der Waals surface area contributed by atoms with Crippen LogP contribution in [0.25, 0.3) is 0 Å². The molecule has 0 aromatic rings. The maximum absolute atomic E-state index is 9.95. The van der Waals surface area contributed by atoms with Gasteiger partial charge in [0.1, 0.15) is 0 Å². The highest BCUT2D eigenvalue weighted by Gasteiger charge is 1.78. The Hall–Kier alpha value is -0.725. The topological polar surface area (TPSA) is 29.1 Å². The number of hydrogen-bond acceptors (Lipinski definition) is 1. The molecule has 3 heteroatoms.